The Hall–Kier alpha value is -0.760. The highest BCUT2D eigenvalue weighted by molar-refractivity contribution is 9.10. The Kier molecular flexibility index (Phi) is 4.95. The van der Waals surface area contributed by atoms with Crippen LogP contribution in [0.2, 0.25) is 0 Å². The van der Waals surface area contributed by atoms with Crippen LogP contribution in [0, 0.1) is 0 Å². The molecule has 0 saturated carbocycles. The molecule has 20 heavy (non-hydrogen) atoms. The molecular formula is C13H12Br2N2O2S. The van der Waals surface area contributed by atoms with Crippen molar-refractivity contribution < 1.29 is 8.42 Å². The molecule has 0 unspecified atom stereocenters. The molecular weight excluding hydrogens is 408 g/mol. The molecule has 0 fully saturated rings. The fourth-order valence-electron chi connectivity index (χ4n) is 1.69. The molecule has 0 spiro atoms. The Balaban J connectivity index is 2.26. The van der Waals surface area contributed by atoms with Gasteiger partial charge >= 0.3 is 0 Å². The SMILES string of the molecule is CN(Cc1cccc(Br)c1)S(=O)(=O)c1cncc(Br)c1. The number of sulfonamides is 1. The molecule has 0 aliphatic heterocycles. The van der Waals surface area contributed by atoms with Gasteiger partial charge in [0.1, 0.15) is 4.90 Å². The number of benzene rings is 1. The second-order valence-corrected chi connectivity index (χ2v) is 8.11. The average Bonchev–Trinajstić information content (AvgIpc) is 2.38. The number of rotatable bonds is 4. The molecule has 106 valence electrons. The number of hydrogen-bond acceptors (Lipinski definition) is 3. The van der Waals surface area contributed by atoms with Gasteiger partial charge in [-0.1, -0.05) is 28.1 Å². The Morgan fingerprint density at radius 2 is 1.90 bits per heavy atom. The topological polar surface area (TPSA) is 50.3 Å². The minimum Gasteiger partial charge on any atom is -0.262 e. The Labute approximate surface area is 135 Å². The lowest BCUT2D eigenvalue weighted by Gasteiger charge is -2.17. The summed E-state index contributed by atoms with van der Waals surface area (Å²) >= 11 is 6.60. The molecule has 0 bridgehead atoms. The van der Waals surface area contributed by atoms with Crippen molar-refractivity contribution in [1.82, 2.24) is 9.29 Å². The van der Waals surface area contributed by atoms with Crippen molar-refractivity contribution in [2.24, 2.45) is 0 Å². The summed E-state index contributed by atoms with van der Waals surface area (Å²) < 4.78 is 27.7. The van der Waals surface area contributed by atoms with Crippen LogP contribution >= 0.6 is 31.9 Å². The Morgan fingerprint density at radius 1 is 1.15 bits per heavy atom. The van der Waals surface area contributed by atoms with E-state index in [1.54, 1.807) is 19.3 Å². The molecule has 1 aromatic carbocycles. The third-order valence-corrected chi connectivity index (χ3v) is 5.38. The second kappa shape index (κ2) is 6.34. The van der Waals surface area contributed by atoms with Crippen molar-refractivity contribution in [3.05, 3.63) is 57.2 Å². The van der Waals surface area contributed by atoms with Gasteiger partial charge in [0.05, 0.1) is 0 Å². The lowest BCUT2D eigenvalue weighted by Crippen LogP contribution is -2.26. The molecule has 2 aromatic rings. The van der Waals surface area contributed by atoms with E-state index < -0.39 is 10.0 Å². The van der Waals surface area contributed by atoms with Crippen LogP contribution in [0.15, 0.2) is 56.6 Å². The lowest BCUT2D eigenvalue weighted by molar-refractivity contribution is 0.466. The van der Waals surface area contributed by atoms with Crippen LogP contribution in [0.5, 0.6) is 0 Å². The van der Waals surface area contributed by atoms with E-state index in [0.29, 0.717) is 11.0 Å². The summed E-state index contributed by atoms with van der Waals surface area (Å²) in [5.74, 6) is 0. The van der Waals surface area contributed by atoms with Crippen LogP contribution in [0.25, 0.3) is 0 Å². The summed E-state index contributed by atoms with van der Waals surface area (Å²) in [6.07, 6.45) is 2.89. The standard InChI is InChI=1S/C13H12Br2N2O2S/c1-17(9-10-3-2-4-11(14)5-10)20(18,19)13-6-12(15)7-16-8-13/h2-8H,9H2,1H3. The van der Waals surface area contributed by atoms with Crippen LogP contribution in [-0.4, -0.2) is 24.8 Å². The van der Waals surface area contributed by atoms with E-state index in [0.717, 1.165) is 10.0 Å². The van der Waals surface area contributed by atoms with E-state index in [-0.39, 0.29) is 4.90 Å². The van der Waals surface area contributed by atoms with Gasteiger partial charge in [0.25, 0.3) is 0 Å². The van der Waals surface area contributed by atoms with Crippen molar-refractivity contribution in [3.8, 4) is 0 Å². The van der Waals surface area contributed by atoms with Gasteiger partial charge in [-0.2, -0.15) is 4.31 Å². The predicted molar refractivity (Wildman–Crippen MR) is 84.7 cm³/mol. The molecule has 0 atom stereocenters. The summed E-state index contributed by atoms with van der Waals surface area (Å²) in [6, 6.07) is 9.09. The van der Waals surface area contributed by atoms with E-state index in [2.05, 4.69) is 36.8 Å². The number of aromatic nitrogens is 1. The Morgan fingerprint density at radius 3 is 2.55 bits per heavy atom. The van der Waals surface area contributed by atoms with E-state index in [1.165, 1.54) is 10.5 Å². The summed E-state index contributed by atoms with van der Waals surface area (Å²) in [6.45, 7) is 0.300. The van der Waals surface area contributed by atoms with Crippen LogP contribution in [0.1, 0.15) is 5.56 Å². The number of hydrogen-bond donors (Lipinski definition) is 0. The summed E-state index contributed by atoms with van der Waals surface area (Å²) in [5, 5.41) is 0. The molecule has 0 amide bonds. The molecule has 2 rings (SSSR count). The maximum absolute atomic E-state index is 12.4. The highest BCUT2D eigenvalue weighted by Gasteiger charge is 2.21. The summed E-state index contributed by atoms with van der Waals surface area (Å²) in [5.41, 5.74) is 0.911. The number of halogens is 2. The predicted octanol–water partition coefficient (Wildman–Crippen LogP) is 3.43. The maximum atomic E-state index is 12.4. The fraction of sp³-hybridized carbons (Fsp3) is 0.154. The maximum Gasteiger partial charge on any atom is 0.244 e. The third-order valence-electron chi connectivity index (χ3n) is 2.68. The van der Waals surface area contributed by atoms with Gasteiger partial charge in [0.2, 0.25) is 10.0 Å². The Bertz CT molecular complexity index is 720. The zero-order valence-electron chi connectivity index (χ0n) is 10.6. The minimum atomic E-state index is -3.55. The molecule has 0 saturated heterocycles. The average molecular weight is 420 g/mol. The smallest absolute Gasteiger partial charge is 0.244 e. The second-order valence-electron chi connectivity index (χ2n) is 4.23. The van der Waals surface area contributed by atoms with Crippen LogP contribution < -0.4 is 0 Å². The highest BCUT2D eigenvalue weighted by Crippen LogP contribution is 2.20. The third kappa shape index (κ3) is 3.66. The van der Waals surface area contributed by atoms with Gasteiger partial charge in [-0.3, -0.25) is 4.98 Å². The van der Waals surface area contributed by atoms with Crippen molar-refractivity contribution in [3.63, 3.8) is 0 Å². The van der Waals surface area contributed by atoms with Gasteiger partial charge in [-0.05, 0) is 39.7 Å². The summed E-state index contributed by atoms with van der Waals surface area (Å²) in [4.78, 5) is 4.06. The van der Waals surface area contributed by atoms with E-state index in [1.807, 2.05) is 24.3 Å². The first-order valence-corrected chi connectivity index (χ1v) is 8.73. The molecule has 0 aliphatic carbocycles. The number of nitrogens with zero attached hydrogens (tertiary/aromatic N) is 2. The highest BCUT2D eigenvalue weighted by atomic mass is 79.9. The molecule has 0 aliphatic rings. The van der Waals surface area contributed by atoms with Gasteiger partial charge in [-0.25, -0.2) is 8.42 Å². The molecule has 7 heteroatoms. The van der Waals surface area contributed by atoms with Crippen molar-refractivity contribution in [2.45, 2.75) is 11.4 Å². The monoisotopic (exact) mass is 418 g/mol. The fourth-order valence-corrected chi connectivity index (χ4v) is 3.80. The lowest BCUT2D eigenvalue weighted by atomic mass is 10.2. The normalized spacial score (nSPS) is 11.8. The quantitative estimate of drug-likeness (QED) is 0.762. The van der Waals surface area contributed by atoms with Gasteiger partial charge in [0, 0.05) is 34.9 Å². The molecule has 4 nitrogen and oxygen atoms in total. The first-order valence-electron chi connectivity index (χ1n) is 5.71. The zero-order valence-corrected chi connectivity index (χ0v) is 14.6. The molecule has 0 N–H and O–H groups in total. The van der Waals surface area contributed by atoms with E-state index in [4.69, 9.17) is 0 Å². The van der Waals surface area contributed by atoms with Crippen molar-refractivity contribution >= 4 is 41.9 Å². The molecule has 1 aromatic heterocycles. The van der Waals surface area contributed by atoms with Crippen LogP contribution in [-0.2, 0) is 16.6 Å². The van der Waals surface area contributed by atoms with Crippen LogP contribution in [0.3, 0.4) is 0 Å². The van der Waals surface area contributed by atoms with E-state index in [9.17, 15) is 8.42 Å². The van der Waals surface area contributed by atoms with Crippen molar-refractivity contribution in [1.29, 1.82) is 0 Å². The van der Waals surface area contributed by atoms with Crippen LogP contribution in [0.4, 0.5) is 0 Å². The largest absolute Gasteiger partial charge is 0.262 e. The van der Waals surface area contributed by atoms with Gasteiger partial charge in [-0.15, -0.1) is 0 Å². The van der Waals surface area contributed by atoms with Gasteiger partial charge < -0.3 is 0 Å². The number of pyridine rings is 1. The zero-order chi connectivity index (χ0) is 14.8. The minimum absolute atomic E-state index is 0.171. The first-order chi connectivity index (χ1) is 9.39. The molecule has 0 radical (unpaired) electrons. The van der Waals surface area contributed by atoms with E-state index >= 15 is 0 Å². The summed E-state index contributed by atoms with van der Waals surface area (Å²) in [7, 11) is -1.99. The first kappa shape index (κ1) is 15.6. The van der Waals surface area contributed by atoms with Crippen molar-refractivity contribution in [2.75, 3.05) is 7.05 Å². The van der Waals surface area contributed by atoms with Gasteiger partial charge in [0.15, 0.2) is 0 Å². The molecule has 1 heterocycles.